The summed E-state index contributed by atoms with van der Waals surface area (Å²) in [7, 11) is -5.04. The van der Waals surface area contributed by atoms with Gasteiger partial charge in [-0.25, -0.2) is 4.57 Å². The van der Waals surface area contributed by atoms with Gasteiger partial charge in [0.1, 0.15) is 13.2 Å². The molecule has 3 atom stereocenters. The van der Waals surface area contributed by atoms with Crippen molar-refractivity contribution in [2.45, 2.75) is 219 Å². The molecule has 0 aliphatic rings. The number of quaternary nitrogens is 1. The molecule has 54 heavy (non-hydrogen) atoms. The summed E-state index contributed by atoms with van der Waals surface area (Å²) in [6.45, 7) is -9.10. The van der Waals surface area contributed by atoms with Crippen molar-refractivity contribution in [2.24, 2.45) is 0 Å². The van der Waals surface area contributed by atoms with Crippen LogP contribution in [0, 0.1) is 0 Å². The van der Waals surface area contributed by atoms with E-state index in [0.717, 1.165) is 51.4 Å². The Kier molecular flexibility index (Phi) is 26.8. The smallest absolute Gasteiger partial charge is 0.387 e. The van der Waals surface area contributed by atoms with Crippen LogP contribution >= 0.6 is 7.82 Å². The Hall–Kier alpha value is -1.02. The molecule has 0 radical (unpaired) electrons. The largest absolute Gasteiger partial charge is 0.472 e. The van der Waals surface area contributed by atoms with Crippen LogP contribution in [0.2, 0.25) is 0 Å². The van der Waals surface area contributed by atoms with Gasteiger partial charge in [0, 0.05) is 6.42 Å². The minimum absolute atomic E-state index is 0.185. The van der Waals surface area contributed by atoms with Crippen LogP contribution in [0.15, 0.2) is 24.3 Å². The Labute approximate surface area is 347 Å². The predicted molar refractivity (Wildman–Crippen MR) is 231 cm³/mol. The molecule has 0 aromatic rings. The number of carbonyl (C=O) groups excluding carboxylic acids is 1. The van der Waals surface area contributed by atoms with Crippen molar-refractivity contribution in [3.05, 3.63) is 24.3 Å². The minimum atomic E-state index is -5.04. The lowest BCUT2D eigenvalue weighted by molar-refractivity contribution is -0.870. The molecule has 320 valence electrons. The second-order valence-corrected chi connectivity index (χ2v) is 16.7. The van der Waals surface area contributed by atoms with E-state index in [4.69, 9.17) is 21.4 Å². The number of amides is 1. The normalized spacial score (nSPS) is 17.7. The van der Waals surface area contributed by atoms with Gasteiger partial charge in [-0.15, -0.1) is 0 Å². The van der Waals surface area contributed by atoms with Crippen molar-refractivity contribution >= 4 is 13.7 Å². The van der Waals surface area contributed by atoms with Gasteiger partial charge in [0.15, 0.2) is 0 Å². The van der Waals surface area contributed by atoms with Gasteiger partial charge in [0.05, 0.1) is 52.0 Å². The maximum atomic E-state index is 13.0. The van der Waals surface area contributed by atoms with Crippen LogP contribution in [-0.2, 0) is 18.4 Å². The number of likely N-dealkylation sites (N-methyl/N-ethyl adjacent to an activating group) is 1. The average Bonchev–Trinajstić information content (AvgIpc) is 3.19. The quantitative estimate of drug-likeness (QED) is 0.0246. The Morgan fingerprint density at radius 1 is 0.648 bits per heavy atom. The molecule has 0 spiro atoms. The molecule has 0 aromatic carbocycles. The molecule has 0 saturated heterocycles. The summed E-state index contributed by atoms with van der Waals surface area (Å²) in [5.74, 6) is -0.369. The molecule has 0 bridgehead atoms. The highest BCUT2D eigenvalue weighted by molar-refractivity contribution is 7.47. The van der Waals surface area contributed by atoms with Crippen LogP contribution in [0.4, 0.5) is 0 Å². The number of hydrogen-bond acceptors (Lipinski definition) is 5. The van der Waals surface area contributed by atoms with E-state index in [9.17, 15) is 19.4 Å². The van der Waals surface area contributed by atoms with E-state index in [1.54, 1.807) is 6.08 Å². The van der Waals surface area contributed by atoms with E-state index in [1.165, 1.54) is 128 Å². The number of aliphatic hydroxyl groups is 1. The topological polar surface area (TPSA) is 105 Å². The Morgan fingerprint density at radius 3 is 1.50 bits per heavy atom. The number of unbranched alkanes of at least 4 members (excludes halogenated alkanes) is 26. The number of carbonyl (C=O) groups is 1. The average molecular weight is 795 g/mol. The zero-order valence-electron chi connectivity index (χ0n) is 43.7. The van der Waals surface area contributed by atoms with Gasteiger partial charge < -0.3 is 19.8 Å². The number of hydrogen-bond donors (Lipinski definition) is 3. The van der Waals surface area contributed by atoms with Crippen LogP contribution in [0.3, 0.4) is 0 Å². The van der Waals surface area contributed by atoms with Gasteiger partial charge in [-0.3, -0.25) is 13.8 Å². The fourth-order valence-corrected chi connectivity index (χ4v) is 7.10. The standard InChI is InChI=1S/C45H89N2O6P/c1-6-8-10-12-14-16-18-20-21-22-23-24-25-27-29-31-33-35-37-39-45(49)46-43(42-53-54(50,51)52-41-40-47(3,4)5)44(48)38-36-34-32-30-28-26-19-17-15-13-11-9-7-2/h20-21,36,38,43-44,48H,6-19,22-35,37,39-42H2,1-5H3,(H-,46,49,50,51)/p+1/b21-20+,38-36+/t43-,44+/m0/s1/i3D3,4D3,5D3. The second-order valence-electron chi connectivity index (χ2n) is 15.3. The van der Waals surface area contributed by atoms with Crippen molar-refractivity contribution in [1.82, 2.24) is 5.32 Å². The van der Waals surface area contributed by atoms with Gasteiger partial charge in [0.2, 0.25) is 5.91 Å². The molecule has 9 heteroatoms. The summed E-state index contributed by atoms with van der Waals surface area (Å²) in [4.78, 5) is 23.4. The Morgan fingerprint density at radius 2 is 1.06 bits per heavy atom. The number of rotatable bonds is 41. The van der Waals surface area contributed by atoms with Crippen LogP contribution in [0.25, 0.3) is 0 Å². The minimum Gasteiger partial charge on any atom is -0.387 e. The fourth-order valence-electron chi connectivity index (χ4n) is 6.37. The molecule has 1 amide bonds. The van der Waals surface area contributed by atoms with Gasteiger partial charge in [0.25, 0.3) is 0 Å². The summed E-state index contributed by atoms with van der Waals surface area (Å²) in [6.07, 6.45) is 40.8. The summed E-state index contributed by atoms with van der Waals surface area (Å²) in [5.41, 5.74) is 0. The molecule has 0 aromatic heterocycles. The number of nitrogens with zero attached hydrogens (tertiary/aromatic N) is 1. The maximum Gasteiger partial charge on any atom is 0.472 e. The highest BCUT2D eigenvalue weighted by atomic mass is 31.2. The molecule has 0 aliphatic heterocycles. The van der Waals surface area contributed by atoms with Crippen molar-refractivity contribution in [3.63, 3.8) is 0 Å². The first-order valence-corrected chi connectivity index (χ1v) is 23.5. The SMILES string of the molecule is [2H]C([2H])([2H])[N+](CCOP(=O)(O)OC[C@H](NC(=O)CCCCCCCCCCC/C=C/CCCCCCCC)[C@H](O)/C=C/CCCCCCCCCCCCC)(C([2H])([2H])[2H])C([2H])([2H])[2H]. The first-order chi connectivity index (χ1) is 29.8. The third kappa shape index (κ3) is 39.2. The van der Waals surface area contributed by atoms with Gasteiger partial charge in [-0.05, 0) is 44.9 Å². The number of nitrogens with one attached hydrogen (secondary N) is 1. The number of aliphatic hydroxyl groups excluding tert-OH is 1. The van der Waals surface area contributed by atoms with E-state index < -0.39 is 65.1 Å². The summed E-state index contributed by atoms with van der Waals surface area (Å²) in [6, 6.07) is -1.15. The zero-order chi connectivity index (χ0) is 47.5. The highest BCUT2D eigenvalue weighted by Gasteiger charge is 2.27. The monoisotopic (exact) mass is 795 g/mol. The van der Waals surface area contributed by atoms with Crippen molar-refractivity contribution in [2.75, 3.05) is 40.7 Å². The van der Waals surface area contributed by atoms with Gasteiger partial charge in [-0.2, -0.15) is 0 Å². The molecule has 0 saturated carbocycles. The lowest BCUT2D eigenvalue weighted by Gasteiger charge is -2.25. The molecule has 0 fully saturated rings. The molecule has 0 rings (SSSR count). The molecule has 0 aliphatic carbocycles. The number of phosphoric ester groups is 1. The molecular weight excluding hydrogens is 695 g/mol. The lowest BCUT2D eigenvalue weighted by atomic mass is 10.0. The van der Waals surface area contributed by atoms with Crippen LogP contribution < -0.4 is 5.32 Å². The number of phosphoric acid groups is 1. The third-order valence-corrected chi connectivity index (χ3v) is 10.8. The fraction of sp³-hybridized carbons (Fsp3) is 0.889. The first-order valence-electron chi connectivity index (χ1n) is 26.5. The Balaban J connectivity index is 4.96. The van der Waals surface area contributed by atoms with Crippen LogP contribution in [0.1, 0.15) is 219 Å². The van der Waals surface area contributed by atoms with E-state index >= 15 is 0 Å². The molecule has 3 N–H and O–H groups in total. The summed E-state index contributed by atoms with van der Waals surface area (Å²) in [5, 5.41) is 13.7. The highest BCUT2D eigenvalue weighted by Crippen LogP contribution is 2.43. The van der Waals surface area contributed by atoms with Crippen molar-refractivity contribution in [3.8, 4) is 0 Å². The van der Waals surface area contributed by atoms with E-state index in [0.29, 0.717) is 12.8 Å². The van der Waals surface area contributed by atoms with Gasteiger partial charge >= 0.3 is 7.82 Å². The number of allylic oxidation sites excluding steroid dienone is 3. The zero-order valence-corrected chi connectivity index (χ0v) is 35.6. The molecule has 0 heterocycles. The van der Waals surface area contributed by atoms with Crippen molar-refractivity contribution < 1.29 is 45.2 Å². The predicted octanol–water partition coefficient (Wildman–Crippen LogP) is 12.5. The van der Waals surface area contributed by atoms with E-state index in [2.05, 4.69) is 31.3 Å². The molecule has 1 unspecified atom stereocenters. The lowest BCUT2D eigenvalue weighted by Crippen LogP contribution is -2.45. The van der Waals surface area contributed by atoms with Crippen LogP contribution in [-0.4, -0.2) is 73.2 Å². The van der Waals surface area contributed by atoms with E-state index in [-0.39, 0.29) is 12.3 Å². The van der Waals surface area contributed by atoms with Gasteiger partial charge in [-0.1, -0.05) is 179 Å². The van der Waals surface area contributed by atoms with E-state index in [1.807, 2.05) is 0 Å². The first kappa shape index (κ1) is 38.5. The Bertz CT molecular complexity index is 1200. The second kappa shape index (κ2) is 37.6. The molecule has 8 nitrogen and oxygen atoms in total. The maximum absolute atomic E-state index is 13.0. The molecular formula is C45H90N2O6P+. The summed E-state index contributed by atoms with van der Waals surface area (Å²) < 4.78 is 90.1. The third-order valence-electron chi connectivity index (χ3n) is 9.83. The van der Waals surface area contributed by atoms with Crippen molar-refractivity contribution in [1.29, 1.82) is 0 Å². The van der Waals surface area contributed by atoms with Crippen LogP contribution in [0.5, 0.6) is 0 Å². The summed E-state index contributed by atoms with van der Waals surface area (Å²) >= 11 is 0.